The first kappa shape index (κ1) is 28.0. The lowest BCUT2D eigenvalue weighted by Gasteiger charge is -2.24. The highest BCUT2D eigenvalue weighted by molar-refractivity contribution is 14.0. The molecule has 0 aromatic heterocycles. The Balaban J connectivity index is 0.00000512. The van der Waals surface area contributed by atoms with Crippen molar-refractivity contribution in [2.24, 2.45) is 4.99 Å². The van der Waals surface area contributed by atoms with Crippen LogP contribution < -0.4 is 20.9 Å². The molecule has 1 fully saturated rings. The smallest absolute Gasteiger partial charge is 0.407 e. The molecule has 1 heterocycles. The number of nitrogens with one attached hydrogen (secondary N) is 3. The third-order valence-corrected chi connectivity index (χ3v) is 4.88. The van der Waals surface area contributed by atoms with E-state index in [-0.39, 0.29) is 35.9 Å². The largest absolute Gasteiger partial charge is 0.444 e. The number of anilines is 1. The second-order valence-electron chi connectivity index (χ2n) is 8.75. The van der Waals surface area contributed by atoms with Gasteiger partial charge in [-0.15, -0.1) is 24.0 Å². The van der Waals surface area contributed by atoms with Gasteiger partial charge in [-0.25, -0.2) is 4.79 Å². The average Bonchev–Trinajstić information content (AvgIpc) is 3.13. The van der Waals surface area contributed by atoms with Crippen LogP contribution >= 0.6 is 24.0 Å². The van der Waals surface area contributed by atoms with E-state index in [1.54, 1.807) is 7.05 Å². The van der Waals surface area contributed by atoms with E-state index >= 15 is 0 Å². The van der Waals surface area contributed by atoms with Gasteiger partial charge in [0.25, 0.3) is 0 Å². The molecule has 1 atom stereocenters. The second-order valence-corrected chi connectivity index (χ2v) is 8.75. The van der Waals surface area contributed by atoms with Crippen LogP contribution in [0.1, 0.15) is 58.9 Å². The van der Waals surface area contributed by atoms with Crippen molar-refractivity contribution in [3.05, 3.63) is 29.8 Å². The first-order valence-corrected chi connectivity index (χ1v) is 11.0. The third-order valence-electron chi connectivity index (χ3n) is 4.88. The number of carbonyl (C=O) groups is 2. The zero-order chi connectivity index (χ0) is 22.9. The molecule has 3 N–H and O–H groups in total. The first-order valence-electron chi connectivity index (χ1n) is 11.0. The Kier molecular flexibility index (Phi) is 11.8. The van der Waals surface area contributed by atoms with Crippen molar-refractivity contribution in [2.45, 2.75) is 71.6 Å². The minimum atomic E-state index is -0.524. The molecule has 1 unspecified atom stereocenters. The average molecular weight is 559 g/mol. The van der Waals surface area contributed by atoms with Crippen LogP contribution in [-0.4, -0.2) is 49.7 Å². The van der Waals surface area contributed by atoms with Gasteiger partial charge >= 0.3 is 6.09 Å². The van der Waals surface area contributed by atoms with Crippen molar-refractivity contribution >= 4 is 47.6 Å². The molecular formula is C23H38IN5O3. The molecule has 2 amide bonds. The van der Waals surface area contributed by atoms with E-state index in [1.165, 1.54) is 0 Å². The first-order chi connectivity index (χ1) is 14.7. The molecule has 0 bridgehead atoms. The van der Waals surface area contributed by atoms with Crippen LogP contribution in [0, 0.1) is 0 Å². The second kappa shape index (κ2) is 13.5. The van der Waals surface area contributed by atoms with Crippen molar-refractivity contribution in [1.29, 1.82) is 0 Å². The van der Waals surface area contributed by atoms with Crippen LogP contribution in [0.4, 0.5) is 10.5 Å². The van der Waals surface area contributed by atoms with E-state index in [9.17, 15) is 9.59 Å². The number of alkyl carbamates (subject to hydrolysis) is 1. The Labute approximate surface area is 209 Å². The van der Waals surface area contributed by atoms with Crippen molar-refractivity contribution < 1.29 is 14.3 Å². The molecular weight excluding hydrogens is 521 g/mol. The van der Waals surface area contributed by atoms with Gasteiger partial charge in [-0.05, 0) is 51.3 Å². The van der Waals surface area contributed by atoms with Crippen LogP contribution in [0.15, 0.2) is 29.3 Å². The number of hydrogen-bond acceptors (Lipinski definition) is 4. The lowest BCUT2D eigenvalue weighted by atomic mass is 10.1. The van der Waals surface area contributed by atoms with Crippen LogP contribution in [0.25, 0.3) is 0 Å². The van der Waals surface area contributed by atoms with E-state index < -0.39 is 11.7 Å². The molecule has 1 aromatic carbocycles. The number of benzene rings is 1. The molecule has 8 nitrogen and oxygen atoms in total. The molecule has 9 heteroatoms. The highest BCUT2D eigenvalue weighted by Crippen LogP contribution is 2.21. The van der Waals surface area contributed by atoms with Gasteiger partial charge < -0.3 is 25.6 Å². The van der Waals surface area contributed by atoms with Gasteiger partial charge in [-0.2, -0.15) is 0 Å². The van der Waals surface area contributed by atoms with Crippen molar-refractivity contribution in [2.75, 3.05) is 25.0 Å². The van der Waals surface area contributed by atoms with Crippen molar-refractivity contribution in [3.63, 3.8) is 0 Å². The summed E-state index contributed by atoms with van der Waals surface area (Å²) in [5.41, 5.74) is 1.52. The maximum Gasteiger partial charge on any atom is 0.407 e. The summed E-state index contributed by atoms with van der Waals surface area (Å²) in [4.78, 5) is 30.1. The minimum Gasteiger partial charge on any atom is -0.444 e. The molecule has 0 saturated carbocycles. The normalized spacial score (nSPS) is 15.1. The zero-order valence-electron chi connectivity index (χ0n) is 19.9. The standard InChI is InChI=1S/C23H37N5O3.HI/c1-6-8-18(27-22(30)31-23(2,3)4)16-26-21(24-5)25-15-17-10-12-19(13-11-17)28-14-7-9-20(28)29;/h10-13,18H,6-9,14-16H2,1-5H3,(H,27,30)(H2,24,25,26);1H. The van der Waals surface area contributed by atoms with Crippen molar-refractivity contribution in [1.82, 2.24) is 16.0 Å². The van der Waals surface area contributed by atoms with Gasteiger partial charge in [0.15, 0.2) is 5.96 Å². The topological polar surface area (TPSA) is 95.1 Å². The molecule has 2 rings (SSSR count). The number of guanidine groups is 1. The lowest BCUT2D eigenvalue weighted by molar-refractivity contribution is -0.117. The minimum absolute atomic E-state index is 0. The fourth-order valence-electron chi connectivity index (χ4n) is 3.39. The molecule has 1 saturated heterocycles. The number of halogens is 1. The monoisotopic (exact) mass is 559 g/mol. The Morgan fingerprint density at radius 3 is 2.44 bits per heavy atom. The summed E-state index contributed by atoms with van der Waals surface area (Å²) in [5.74, 6) is 0.850. The molecule has 1 aliphatic rings. The highest BCUT2D eigenvalue weighted by atomic mass is 127. The van der Waals surface area contributed by atoms with Gasteiger partial charge in [-0.3, -0.25) is 9.79 Å². The quantitative estimate of drug-likeness (QED) is 0.256. The van der Waals surface area contributed by atoms with E-state index in [1.807, 2.05) is 49.9 Å². The molecule has 0 aliphatic carbocycles. The molecule has 180 valence electrons. The predicted octanol–water partition coefficient (Wildman–Crippen LogP) is 3.79. The molecule has 1 aliphatic heterocycles. The van der Waals surface area contributed by atoms with Gasteiger partial charge in [0.2, 0.25) is 5.91 Å². The summed E-state index contributed by atoms with van der Waals surface area (Å²) < 4.78 is 5.36. The summed E-state index contributed by atoms with van der Waals surface area (Å²) in [5, 5.41) is 9.48. The molecule has 32 heavy (non-hydrogen) atoms. The SMILES string of the molecule is CCCC(CNC(=NC)NCc1ccc(N2CCCC2=O)cc1)NC(=O)OC(C)(C)C.I. The lowest BCUT2D eigenvalue weighted by Crippen LogP contribution is -2.48. The Morgan fingerprint density at radius 2 is 1.91 bits per heavy atom. The number of nitrogens with zero attached hydrogens (tertiary/aromatic N) is 2. The summed E-state index contributed by atoms with van der Waals surface area (Å²) in [7, 11) is 1.72. The maximum atomic E-state index is 12.1. The summed E-state index contributed by atoms with van der Waals surface area (Å²) in [6.45, 7) is 9.57. The van der Waals surface area contributed by atoms with Crippen LogP contribution in [0.3, 0.4) is 0 Å². The van der Waals surface area contributed by atoms with E-state index in [2.05, 4.69) is 27.9 Å². The summed E-state index contributed by atoms with van der Waals surface area (Å²) >= 11 is 0. The van der Waals surface area contributed by atoms with E-state index in [0.29, 0.717) is 25.5 Å². The molecule has 1 aromatic rings. The Bertz CT molecular complexity index is 762. The van der Waals surface area contributed by atoms with Gasteiger partial charge in [0.05, 0.1) is 0 Å². The van der Waals surface area contributed by atoms with Gasteiger partial charge in [0, 0.05) is 44.8 Å². The Hall–Kier alpha value is -2.04. The third kappa shape index (κ3) is 9.62. The number of amides is 2. The van der Waals surface area contributed by atoms with Crippen LogP contribution in [-0.2, 0) is 16.1 Å². The Morgan fingerprint density at radius 1 is 1.22 bits per heavy atom. The van der Waals surface area contributed by atoms with Crippen molar-refractivity contribution in [3.8, 4) is 0 Å². The number of hydrogen-bond donors (Lipinski definition) is 3. The summed E-state index contributed by atoms with van der Waals surface area (Å²) in [6, 6.07) is 7.95. The van der Waals surface area contributed by atoms with E-state index in [4.69, 9.17) is 4.74 Å². The maximum absolute atomic E-state index is 12.1. The van der Waals surface area contributed by atoms with E-state index in [0.717, 1.165) is 37.1 Å². The number of ether oxygens (including phenoxy) is 1. The van der Waals surface area contributed by atoms with Crippen LogP contribution in [0.5, 0.6) is 0 Å². The molecule has 0 spiro atoms. The van der Waals surface area contributed by atoms with Gasteiger partial charge in [0.1, 0.15) is 5.60 Å². The number of carbonyl (C=O) groups excluding carboxylic acids is 2. The fourth-order valence-corrected chi connectivity index (χ4v) is 3.39. The predicted molar refractivity (Wildman–Crippen MR) is 140 cm³/mol. The fraction of sp³-hybridized carbons (Fsp3) is 0.609. The van der Waals surface area contributed by atoms with Gasteiger partial charge in [-0.1, -0.05) is 25.5 Å². The summed E-state index contributed by atoms with van der Waals surface area (Å²) in [6.07, 6.45) is 2.92. The molecule has 0 radical (unpaired) electrons. The zero-order valence-corrected chi connectivity index (χ0v) is 22.2. The van der Waals surface area contributed by atoms with Crippen LogP contribution in [0.2, 0.25) is 0 Å². The highest BCUT2D eigenvalue weighted by Gasteiger charge is 2.21. The number of aliphatic imine (C=N–C) groups is 1. The number of rotatable bonds is 8.